The standard InChI is InChI=1S/C9H17NO4/c1-9(2,3)10-6(8(13)14)4-5-7(11)12/h6,10H,4-5H2,1-3H3,(H,11,12)(H,13,14)/t6-/m1/s1. The Morgan fingerprint density at radius 3 is 2.07 bits per heavy atom. The highest BCUT2D eigenvalue weighted by atomic mass is 16.4. The summed E-state index contributed by atoms with van der Waals surface area (Å²) in [5.74, 6) is -1.99. The van der Waals surface area contributed by atoms with Gasteiger partial charge in [-0.3, -0.25) is 14.9 Å². The van der Waals surface area contributed by atoms with Crippen LogP contribution in [-0.4, -0.2) is 33.7 Å². The molecule has 0 spiro atoms. The lowest BCUT2D eigenvalue weighted by atomic mass is 10.0. The smallest absolute Gasteiger partial charge is 0.320 e. The van der Waals surface area contributed by atoms with E-state index in [2.05, 4.69) is 5.32 Å². The molecule has 14 heavy (non-hydrogen) atoms. The molecule has 0 fully saturated rings. The fourth-order valence-corrected chi connectivity index (χ4v) is 1.05. The highest BCUT2D eigenvalue weighted by Crippen LogP contribution is 2.06. The maximum Gasteiger partial charge on any atom is 0.320 e. The van der Waals surface area contributed by atoms with Crippen molar-refractivity contribution in [2.24, 2.45) is 0 Å². The third-order valence-electron chi connectivity index (χ3n) is 1.55. The van der Waals surface area contributed by atoms with E-state index < -0.39 is 18.0 Å². The monoisotopic (exact) mass is 203 g/mol. The van der Waals surface area contributed by atoms with Crippen molar-refractivity contribution in [3.8, 4) is 0 Å². The molecule has 1 atom stereocenters. The molecule has 0 bridgehead atoms. The van der Waals surface area contributed by atoms with Crippen LogP contribution in [0.1, 0.15) is 33.6 Å². The molecular formula is C9H17NO4. The largest absolute Gasteiger partial charge is 0.481 e. The second-order valence-corrected chi connectivity index (χ2v) is 4.22. The lowest BCUT2D eigenvalue weighted by Crippen LogP contribution is -2.47. The molecule has 0 aromatic rings. The van der Waals surface area contributed by atoms with E-state index in [4.69, 9.17) is 10.2 Å². The molecule has 82 valence electrons. The highest BCUT2D eigenvalue weighted by molar-refractivity contribution is 5.75. The fraction of sp³-hybridized carbons (Fsp3) is 0.778. The van der Waals surface area contributed by atoms with Crippen LogP contribution in [0, 0.1) is 0 Å². The van der Waals surface area contributed by atoms with Crippen molar-refractivity contribution in [3.63, 3.8) is 0 Å². The summed E-state index contributed by atoms with van der Waals surface area (Å²) in [5, 5.41) is 20.1. The minimum atomic E-state index is -1.01. The van der Waals surface area contributed by atoms with Gasteiger partial charge >= 0.3 is 11.9 Å². The van der Waals surface area contributed by atoms with Crippen LogP contribution in [0.25, 0.3) is 0 Å². The molecule has 0 unspecified atom stereocenters. The van der Waals surface area contributed by atoms with Gasteiger partial charge in [-0.1, -0.05) is 0 Å². The Labute approximate surface area is 83.1 Å². The summed E-state index contributed by atoms with van der Waals surface area (Å²) < 4.78 is 0. The molecule has 0 saturated carbocycles. The highest BCUT2D eigenvalue weighted by Gasteiger charge is 2.23. The van der Waals surface area contributed by atoms with Gasteiger partial charge in [0.25, 0.3) is 0 Å². The average molecular weight is 203 g/mol. The Morgan fingerprint density at radius 1 is 1.29 bits per heavy atom. The van der Waals surface area contributed by atoms with E-state index in [1.807, 2.05) is 20.8 Å². The van der Waals surface area contributed by atoms with Gasteiger partial charge in [0.05, 0.1) is 0 Å². The number of aliphatic carboxylic acids is 2. The van der Waals surface area contributed by atoms with E-state index in [0.29, 0.717) is 0 Å². The quantitative estimate of drug-likeness (QED) is 0.612. The number of nitrogens with one attached hydrogen (secondary N) is 1. The lowest BCUT2D eigenvalue weighted by molar-refractivity contribution is -0.141. The number of rotatable bonds is 5. The second kappa shape index (κ2) is 4.95. The normalized spacial score (nSPS) is 13.6. The van der Waals surface area contributed by atoms with Crippen molar-refractivity contribution < 1.29 is 19.8 Å². The number of carboxylic acids is 2. The third kappa shape index (κ3) is 6.42. The van der Waals surface area contributed by atoms with Crippen molar-refractivity contribution in [2.75, 3.05) is 0 Å². The molecule has 0 aromatic heterocycles. The minimum absolute atomic E-state index is 0.0991. The summed E-state index contributed by atoms with van der Waals surface area (Å²) in [7, 11) is 0. The molecule has 5 nitrogen and oxygen atoms in total. The van der Waals surface area contributed by atoms with Gasteiger partial charge < -0.3 is 10.2 Å². The Kier molecular flexibility index (Phi) is 4.56. The minimum Gasteiger partial charge on any atom is -0.481 e. The predicted molar refractivity (Wildman–Crippen MR) is 51.2 cm³/mol. The molecule has 0 aliphatic carbocycles. The van der Waals surface area contributed by atoms with Crippen LogP contribution in [0.3, 0.4) is 0 Å². The lowest BCUT2D eigenvalue weighted by Gasteiger charge is -2.25. The molecule has 3 N–H and O–H groups in total. The summed E-state index contributed by atoms with van der Waals surface area (Å²) in [5.41, 5.74) is -0.332. The fourth-order valence-electron chi connectivity index (χ4n) is 1.05. The number of hydrogen-bond donors (Lipinski definition) is 3. The van der Waals surface area contributed by atoms with Crippen LogP contribution in [0.15, 0.2) is 0 Å². The molecule has 5 heteroatoms. The zero-order valence-electron chi connectivity index (χ0n) is 8.70. The van der Waals surface area contributed by atoms with Crippen LogP contribution in [-0.2, 0) is 9.59 Å². The predicted octanol–water partition coefficient (Wildman–Crippen LogP) is 0.692. The van der Waals surface area contributed by atoms with Crippen LogP contribution in [0.4, 0.5) is 0 Å². The third-order valence-corrected chi connectivity index (χ3v) is 1.55. The van der Waals surface area contributed by atoms with E-state index in [0.717, 1.165) is 0 Å². The van der Waals surface area contributed by atoms with Gasteiger partial charge in [0, 0.05) is 12.0 Å². The number of carbonyl (C=O) groups is 2. The summed E-state index contributed by atoms with van der Waals surface area (Å²) >= 11 is 0. The molecule has 0 saturated heterocycles. The van der Waals surface area contributed by atoms with Crippen molar-refractivity contribution >= 4 is 11.9 Å². The first-order chi connectivity index (χ1) is 6.22. The SMILES string of the molecule is CC(C)(C)N[C@H](CCC(=O)O)C(=O)O. The zero-order chi connectivity index (χ0) is 11.4. The van der Waals surface area contributed by atoms with Crippen LogP contribution in [0.2, 0.25) is 0 Å². The topological polar surface area (TPSA) is 86.6 Å². The Hall–Kier alpha value is -1.10. The summed E-state index contributed by atoms with van der Waals surface area (Å²) in [6, 6.07) is -0.800. The van der Waals surface area contributed by atoms with Gasteiger partial charge in [-0.05, 0) is 27.2 Å². The molecule has 0 aliphatic heterocycles. The Morgan fingerprint density at radius 2 is 1.79 bits per heavy atom. The van der Waals surface area contributed by atoms with Gasteiger partial charge in [0.1, 0.15) is 6.04 Å². The van der Waals surface area contributed by atoms with Gasteiger partial charge in [-0.2, -0.15) is 0 Å². The number of hydrogen-bond acceptors (Lipinski definition) is 3. The van der Waals surface area contributed by atoms with E-state index in [1.54, 1.807) is 0 Å². The van der Waals surface area contributed by atoms with E-state index in [-0.39, 0.29) is 18.4 Å². The Bertz CT molecular complexity index is 219. The summed E-state index contributed by atoms with van der Waals surface area (Å²) in [4.78, 5) is 21.0. The first kappa shape index (κ1) is 12.9. The average Bonchev–Trinajstić information content (AvgIpc) is 1.94. The second-order valence-electron chi connectivity index (χ2n) is 4.22. The molecule has 0 aromatic carbocycles. The summed E-state index contributed by atoms with van der Waals surface area (Å²) in [6.45, 7) is 5.51. The number of carboxylic acid groups (broad SMARTS) is 2. The van der Waals surface area contributed by atoms with E-state index >= 15 is 0 Å². The molecule has 0 amide bonds. The molecular weight excluding hydrogens is 186 g/mol. The van der Waals surface area contributed by atoms with Gasteiger partial charge in [0.15, 0.2) is 0 Å². The molecule has 0 heterocycles. The van der Waals surface area contributed by atoms with Crippen molar-refractivity contribution in [2.45, 2.75) is 45.2 Å². The van der Waals surface area contributed by atoms with Crippen molar-refractivity contribution in [1.29, 1.82) is 0 Å². The van der Waals surface area contributed by atoms with Gasteiger partial charge in [-0.25, -0.2) is 0 Å². The summed E-state index contributed by atoms with van der Waals surface area (Å²) in [6.07, 6.45) is -0.0397. The van der Waals surface area contributed by atoms with Crippen LogP contribution < -0.4 is 5.32 Å². The maximum atomic E-state index is 10.7. The Balaban J connectivity index is 4.17. The molecule has 0 rings (SSSR count). The zero-order valence-corrected chi connectivity index (χ0v) is 8.70. The van der Waals surface area contributed by atoms with Gasteiger partial charge in [0.2, 0.25) is 0 Å². The molecule has 0 aliphatic rings. The first-order valence-electron chi connectivity index (χ1n) is 4.44. The van der Waals surface area contributed by atoms with E-state index in [9.17, 15) is 9.59 Å². The van der Waals surface area contributed by atoms with Crippen molar-refractivity contribution in [3.05, 3.63) is 0 Å². The molecule has 0 radical (unpaired) electrons. The van der Waals surface area contributed by atoms with E-state index in [1.165, 1.54) is 0 Å². The van der Waals surface area contributed by atoms with Gasteiger partial charge in [-0.15, -0.1) is 0 Å². The van der Waals surface area contributed by atoms with Crippen LogP contribution >= 0.6 is 0 Å². The van der Waals surface area contributed by atoms with Crippen molar-refractivity contribution in [1.82, 2.24) is 5.32 Å². The first-order valence-corrected chi connectivity index (χ1v) is 4.44. The van der Waals surface area contributed by atoms with Crippen LogP contribution in [0.5, 0.6) is 0 Å². The maximum absolute atomic E-state index is 10.7.